The minimum absolute atomic E-state index is 0.0211. The zero-order valence-electron chi connectivity index (χ0n) is 7.79. The maximum Gasteiger partial charge on any atom is 0.374 e. The Labute approximate surface area is 77.4 Å². The van der Waals surface area contributed by atoms with Gasteiger partial charge in [-0.1, -0.05) is 6.42 Å². The number of carbonyl (C=O) groups excluding carboxylic acids is 2. The molecule has 0 aromatic heterocycles. The van der Waals surface area contributed by atoms with Crippen molar-refractivity contribution in [1.82, 2.24) is 0 Å². The lowest BCUT2D eigenvalue weighted by Gasteiger charge is -2.01. The lowest BCUT2D eigenvalue weighted by molar-refractivity contribution is -0.154. The van der Waals surface area contributed by atoms with Crippen LogP contribution in [0, 0.1) is 17.8 Å². The number of esters is 1. The Morgan fingerprint density at radius 1 is 1.31 bits per heavy atom. The fourth-order valence-corrected chi connectivity index (χ4v) is 2.55. The molecule has 0 bridgehead atoms. The van der Waals surface area contributed by atoms with E-state index in [-0.39, 0.29) is 11.7 Å². The molecule has 2 fully saturated rings. The van der Waals surface area contributed by atoms with Crippen molar-refractivity contribution in [3.05, 3.63) is 0 Å². The van der Waals surface area contributed by atoms with Gasteiger partial charge in [-0.05, 0) is 31.6 Å². The predicted octanol–water partition coefficient (Wildman–Crippen LogP) is 1.16. The molecule has 0 radical (unpaired) electrons. The number of hydrogen-bond donors (Lipinski definition) is 0. The van der Waals surface area contributed by atoms with Gasteiger partial charge in [-0.15, -0.1) is 0 Å². The number of rotatable bonds is 3. The van der Waals surface area contributed by atoms with E-state index in [1.165, 1.54) is 6.42 Å². The van der Waals surface area contributed by atoms with Crippen molar-refractivity contribution in [2.45, 2.75) is 26.2 Å². The predicted molar refractivity (Wildman–Crippen MR) is 46.0 cm³/mol. The monoisotopic (exact) mass is 182 g/mol. The smallest absolute Gasteiger partial charge is 0.374 e. The lowest BCUT2D eigenvalue weighted by Crippen LogP contribution is -2.21. The quantitative estimate of drug-likeness (QED) is 0.486. The van der Waals surface area contributed by atoms with Crippen LogP contribution in [0.1, 0.15) is 26.2 Å². The molecule has 0 amide bonds. The molecule has 2 aliphatic rings. The third-order valence-corrected chi connectivity index (χ3v) is 3.19. The number of ether oxygens (including phenoxy) is 1. The molecule has 3 nitrogen and oxygen atoms in total. The molecule has 13 heavy (non-hydrogen) atoms. The summed E-state index contributed by atoms with van der Waals surface area (Å²) in [6, 6.07) is 0. The highest BCUT2D eigenvalue weighted by Gasteiger charge is 2.58. The first kappa shape index (κ1) is 8.73. The summed E-state index contributed by atoms with van der Waals surface area (Å²) in [6.07, 6.45) is 3.48. The van der Waals surface area contributed by atoms with E-state index in [0.717, 1.165) is 12.8 Å². The molecule has 0 spiro atoms. The number of carbonyl (C=O) groups is 2. The maximum absolute atomic E-state index is 11.4. The maximum atomic E-state index is 11.4. The summed E-state index contributed by atoms with van der Waals surface area (Å²) >= 11 is 0. The van der Waals surface area contributed by atoms with Crippen molar-refractivity contribution < 1.29 is 14.3 Å². The molecule has 2 aliphatic carbocycles. The van der Waals surface area contributed by atoms with Gasteiger partial charge < -0.3 is 4.74 Å². The molecule has 0 N–H and O–H groups in total. The standard InChI is InChI=1S/C10H14O3/c1-2-13-10(12)9(11)8-6-4-3-5-7(6)8/h6-8H,2-5H2,1H3/t6-,7+,8?. The zero-order chi connectivity index (χ0) is 9.42. The van der Waals surface area contributed by atoms with Crippen LogP contribution in [0.15, 0.2) is 0 Å². The first-order valence-electron chi connectivity index (χ1n) is 4.96. The van der Waals surface area contributed by atoms with Crippen molar-refractivity contribution in [2.24, 2.45) is 17.8 Å². The lowest BCUT2D eigenvalue weighted by atomic mass is 10.1. The topological polar surface area (TPSA) is 43.4 Å². The van der Waals surface area contributed by atoms with Crippen molar-refractivity contribution in [3.8, 4) is 0 Å². The van der Waals surface area contributed by atoms with Gasteiger partial charge in [0.15, 0.2) is 0 Å². The molecule has 0 aromatic rings. The molecule has 72 valence electrons. The highest BCUT2D eigenvalue weighted by molar-refractivity contribution is 6.35. The molecule has 2 saturated carbocycles. The van der Waals surface area contributed by atoms with Crippen LogP contribution in [-0.4, -0.2) is 18.4 Å². The molecule has 3 heteroatoms. The third kappa shape index (κ3) is 1.36. The highest BCUT2D eigenvalue weighted by Crippen LogP contribution is 2.57. The Morgan fingerprint density at radius 2 is 1.92 bits per heavy atom. The second-order valence-corrected chi connectivity index (χ2v) is 3.87. The highest BCUT2D eigenvalue weighted by atomic mass is 16.5. The van der Waals surface area contributed by atoms with Gasteiger partial charge in [-0.3, -0.25) is 4.79 Å². The summed E-state index contributed by atoms with van der Waals surface area (Å²) in [6.45, 7) is 2.02. The van der Waals surface area contributed by atoms with E-state index >= 15 is 0 Å². The van der Waals surface area contributed by atoms with Crippen LogP contribution in [0.2, 0.25) is 0 Å². The van der Waals surface area contributed by atoms with Crippen molar-refractivity contribution in [2.75, 3.05) is 6.61 Å². The molecular weight excluding hydrogens is 168 g/mol. The Balaban J connectivity index is 1.89. The number of fused-ring (bicyclic) bond motifs is 1. The molecule has 0 aromatic carbocycles. The van der Waals surface area contributed by atoms with Gasteiger partial charge in [0.25, 0.3) is 0 Å². The SMILES string of the molecule is CCOC(=O)C(=O)C1[C@H]2CCC[C@@H]12. The van der Waals surface area contributed by atoms with E-state index in [1.807, 2.05) is 0 Å². The van der Waals surface area contributed by atoms with Gasteiger partial charge in [0.2, 0.25) is 5.78 Å². The van der Waals surface area contributed by atoms with Crippen LogP contribution in [0.4, 0.5) is 0 Å². The van der Waals surface area contributed by atoms with Crippen LogP contribution in [-0.2, 0) is 14.3 Å². The summed E-state index contributed by atoms with van der Waals surface area (Å²) in [5.41, 5.74) is 0. The summed E-state index contributed by atoms with van der Waals surface area (Å²) in [4.78, 5) is 22.5. The molecule has 1 unspecified atom stereocenters. The van der Waals surface area contributed by atoms with Crippen molar-refractivity contribution >= 4 is 11.8 Å². The van der Waals surface area contributed by atoms with E-state index in [0.29, 0.717) is 18.4 Å². The van der Waals surface area contributed by atoms with Crippen molar-refractivity contribution in [3.63, 3.8) is 0 Å². The molecule has 0 saturated heterocycles. The Bertz CT molecular complexity index is 237. The van der Waals surface area contributed by atoms with E-state index in [4.69, 9.17) is 0 Å². The normalized spacial score (nSPS) is 35.3. The number of hydrogen-bond acceptors (Lipinski definition) is 3. The molecule has 0 aliphatic heterocycles. The average molecular weight is 182 g/mol. The molecule has 0 heterocycles. The minimum atomic E-state index is -0.623. The van der Waals surface area contributed by atoms with Gasteiger partial charge in [-0.25, -0.2) is 4.79 Å². The summed E-state index contributed by atoms with van der Waals surface area (Å²) in [7, 11) is 0. The Morgan fingerprint density at radius 3 is 2.46 bits per heavy atom. The number of Topliss-reactive ketones (excluding diaryl/α,β-unsaturated/α-hetero) is 1. The van der Waals surface area contributed by atoms with Gasteiger partial charge in [0.05, 0.1) is 6.61 Å². The fourth-order valence-electron chi connectivity index (χ4n) is 2.55. The molecular formula is C10H14O3. The summed E-state index contributed by atoms with van der Waals surface area (Å²) in [5.74, 6) is 0.139. The largest absolute Gasteiger partial charge is 0.460 e. The molecule has 2 rings (SSSR count). The van der Waals surface area contributed by atoms with Gasteiger partial charge in [0, 0.05) is 5.92 Å². The fraction of sp³-hybridized carbons (Fsp3) is 0.800. The van der Waals surface area contributed by atoms with Gasteiger partial charge in [-0.2, -0.15) is 0 Å². The van der Waals surface area contributed by atoms with E-state index in [9.17, 15) is 9.59 Å². The summed E-state index contributed by atoms with van der Waals surface area (Å²) in [5, 5.41) is 0. The van der Waals surface area contributed by atoms with Crippen molar-refractivity contribution in [1.29, 1.82) is 0 Å². The Kier molecular flexibility index (Phi) is 2.10. The van der Waals surface area contributed by atoms with E-state index in [2.05, 4.69) is 4.74 Å². The van der Waals surface area contributed by atoms with Crippen LogP contribution in [0.25, 0.3) is 0 Å². The minimum Gasteiger partial charge on any atom is -0.460 e. The second-order valence-electron chi connectivity index (χ2n) is 3.87. The first-order valence-corrected chi connectivity index (χ1v) is 4.96. The van der Waals surface area contributed by atoms with Crippen LogP contribution in [0.3, 0.4) is 0 Å². The average Bonchev–Trinajstić information content (AvgIpc) is 2.58. The van der Waals surface area contributed by atoms with Crippen LogP contribution >= 0.6 is 0 Å². The number of ketones is 1. The van der Waals surface area contributed by atoms with Gasteiger partial charge in [0.1, 0.15) is 0 Å². The summed E-state index contributed by atoms with van der Waals surface area (Å²) < 4.78 is 4.68. The first-order chi connectivity index (χ1) is 6.25. The second kappa shape index (κ2) is 3.13. The van der Waals surface area contributed by atoms with Crippen LogP contribution < -0.4 is 0 Å². The Hall–Kier alpha value is -0.860. The van der Waals surface area contributed by atoms with E-state index < -0.39 is 5.97 Å². The third-order valence-electron chi connectivity index (χ3n) is 3.19. The zero-order valence-corrected chi connectivity index (χ0v) is 7.79. The molecule has 3 atom stereocenters. The van der Waals surface area contributed by atoms with E-state index in [1.54, 1.807) is 6.92 Å². The van der Waals surface area contributed by atoms with Crippen LogP contribution in [0.5, 0.6) is 0 Å². The van der Waals surface area contributed by atoms with Gasteiger partial charge >= 0.3 is 5.97 Å².